The highest BCUT2D eigenvalue weighted by Gasteiger charge is 2.22. The number of esters is 1. The molecule has 3 N–H and O–H groups in total. The van der Waals surface area contributed by atoms with E-state index in [4.69, 9.17) is 5.73 Å². The molecule has 16 heavy (non-hydrogen) atoms. The van der Waals surface area contributed by atoms with E-state index in [1.54, 1.807) is 6.92 Å². The third-order valence-corrected chi connectivity index (χ3v) is 1.89. The molecule has 0 saturated carbocycles. The summed E-state index contributed by atoms with van der Waals surface area (Å²) in [4.78, 5) is 24.3. The van der Waals surface area contributed by atoms with Gasteiger partial charge in [-0.2, -0.15) is 0 Å². The highest BCUT2D eigenvalue weighted by molar-refractivity contribution is 5.95. The molecule has 0 saturated heterocycles. The number of rotatable bonds is 3. The predicted octanol–water partition coefficient (Wildman–Crippen LogP) is 1.07. The minimum atomic E-state index is -3.04. The highest BCUT2D eigenvalue weighted by atomic mass is 19.3. The summed E-state index contributed by atoms with van der Waals surface area (Å²) in [5.41, 5.74) is 2.58. The van der Waals surface area contributed by atoms with E-state index < -0.39 is 29.2 Å². The Morgan fingerprint density at radius 3 is 2.75 bits per heavy atom. The lowest BCUT2D eigenvalue weighted by Crippen LogP contribution is -2.20. The Bertz CT molecular complexity index is 457. The summed E-state index contributed by atoms with van der Waals surface area (Å²) < 4.78 is 29.5. The first-order chi connectivity index (χ1) is 7.49. The van der Waals surface area contributed by atoms with E-state index in [1.807, 2.05) is 4.98 Å². The van der Waals surface area contributed by atoms with Gasteiger partial charge in [-0.15, -0.1) is 0 Å². The van der Waals surface area contributed by atoms with Gasteiger partial charge >= 0.3 is 5.97 Å². The van der Waals surface area contributed by atoms with E-state index in [1.165, 1.54) is 0 Å². The van der Waals surface area contributed by atoms with Gasteiger partial charge in [0, 0.05) is 6.20 Å². The van der Waals surface area contributed by atoms with Gasteiger partial charge in [-0.3, -0.25) is 4.79 Å². The Balaban J connectivity index is 3.29. The fraction of sp³-hybridized carbons (Fsp3) is 0.333. The van der Waals surface area contributed by atoms with Crippen LogP contribution in [-0.4, -0.2) is 17.6 Å². The van der Waals surface area contributed by atoms with Crippen LogP contribution in [0.15, 0.2) is 11.0 Å². The summed E-state index contributed by atoms with van der Waals surface area (Å²) in [6, 6.07) is 0. The fourth-order valence-corrected chi connectivity index (χ4v) is 1.15. The molecule has 1 heterocycles. The molecule has 0 aliphatic rings. The molecule has 1 rings (SSSR count). The second-order valence-electron chi connectivity index (χ2n) is 2.88. The van der Waals surface area contributed by atoms with Gasteiger partial charge in [0.25, 0.3) is 12.0 Å². The van der Waals surface area contributed by atoms with E-state index >= 15 is 0 Å². The molecular formula is C9H10F2N2O3. The van der Waals surface area contributed by atoms with Gasteiger partial charge in [-0.1, -0.05) is 0 Å². The van der Waals surface area contributed by atoms with Crippen LogP contribution >= 0.6 is 0 Å². The standard InChI is InChI=1S/C9H10F2N2O3/c1-2-16-9(15)4-3-13-8(14)5(6(4)12)7(10)11/h3,7H,2H2,1H3,(H3,12,13,14). The average Bonchev–Trinajstić information content (AvgIpc) is 2.17. The lowest BCUT2D eigenvalue weighted by Gasteiger charge is -2.08. The third-order valence-electron chi connectivity index (χ3n) is 1.89. The molecule has 0 aromatic carbocycles. The van der Waals surface area contributed by atoms with Gasteiger partial charge in [0.2, 0.25) is 0 Å². The second-order valence-corrected chi connectivity index (χ2v) is 2.88. The van der Waals surface area contributed by atoms with E-state index in [0.29, 0.717) is 0 Å². The molecule has 0 aliphatic heterocycles. The van der Waals surface area contributed by atoms with Crippen LogP contribution in [0.1, 0.15) is 29.3 Å². The largest absolute Gasteiger partial charge is 0.462 e. The van der Waals surface area contributed by atoms with Gasteiger partial charge in [0.15, 0.2) is 0 Å². The van der Waals surface area contributed by atoms with E-state index in [9.17, 15) is 18.4 Å². The number of hydrogen-bond acceptors (Lipinski definition) is 4. The normalized spacial score (nSPS) is 10.5. The molecule has 1 aromatic heterocycles. The van der Waals surface area contributed by atoms with Crippen molar-refractivity contribution in [1.82, 2.24) is 4.98 Å². The molecule has 0 fully saturated rings. The quantitative estimate of drug-likeness (QED) is 0.763. The maximum absolute atomic E-state index is 12.5. The first-order valence-corrected chi connectivity index (χ1v) is 4.45. The van der Waals surface area contributed by atoms with E-state index in [0.717, 1.165) is 6.20 Å². The van der Waals surface area contributed by atoms with Gasteiger partial charge in [0.1, 0.15) is 5.56 Å². The first kappa shape index (κ1) is 12.2. The summed E-state index contributed by atoms with van der Waals surface area (Å²) in [5, 5.41) is 0. The van der Waals surface area contributed by atoms with Crippen LogP contribution in [0.2, 0.25) is 0 Å². The number of nitrogen functional groups attached to an aromatic ring is 1. The van der Waals surface area contributed by atoms with Gasteiger partial charge < -0.3 is 15.5 Å². The number of anilines is 1. The summed E-state index contributed by atoms with van der Waals surface area (Å²) >= 11 is 0. The maximum atomic E-state index is 12.5. The number of nitrogens with one attached hydrogen (secondary N) is 1. The molecule has 0 aliphatic carbocycles. The Morgan fingerprint density at radius 2 is 2.25 bits per heavy atom. The molecule has 0 unspecified atom stereocenters. The van der Waals surface area contributed by atoms with Gasteiger partial charge in [-0.05, 0) is 6.92 Å². The van der Waals surface area contributed by atoms with E-state index in [2.05, 4.69) is 4.74 Å². The van der Waals surface area contributed by atoms with Crippen molar-refractivity contribution in [3.05, 3.63) is 27.7 Å². The van der Waals surface area contributed by atoms with Crippen LogP contribution in [0, 0.1) is 0 Å². The molecule has 1 aromatic rings. The summed E-state index contributed by atoms with van der Waals surface area (Å²) in [5.74, 6) is -0.849. The lowest BCUT2D eigenvalue weighted by atomic mass is 10.1. The molecule has 88 valence electrons. The van der Waals surface area contributed by atoms with Crippen LogP contribution in [0.25, 0.3) is 0 Å². The number of aromatic nitrogens is 1. The summed E-state index contributed by atoms with van der Waals surface area (Å²) in [6.07, 6.45) is -2.08. The lowest BCUT2D eigenvalue weighted by molar-refractivity contribution is 0.0526. The van der Waals surface area contributed by atoms with E-state index in [-0.39, 0.29) is 12.2 Å². The minimum Gasteiger partial charge on any atom is -0.462 e. The number of ether oxygens (including phenoxy) is 1. The number of hydrogen-bond donors (Lipinski definition) is 2. The molecule has 0 amide bonds. The van der Waals surface area contributed by atoms with Crippen molar-refractivity contribution in [3.8, 4) is 0 Å². The molecule has 0 radical (unpaired) electrons. The van der Waals surface area contributed by atoms with Gasteiger partial charge in [0.05, 0.1) is 17.9 Å². The Morgan fingerprint density at radius 1 is 1.62 bits per heavy atom. The number of H-pyrrole nitrogens is 1. The van der Waals surface area contributed by atoms with Crippen molar-refractivity contribution in [2.75, 3.05) is 12.3 Å². The zero-order chi connectivity index (χ0) is 12.3. The topological polar surface area (TPSA) is 85.2 Å². The van der Waals surface area contributed by atoms with Crippen LogP contribution in [0.3, 0.4) is 0 Å². The number of alkyl halides is 2. The molecule has 0 spiro atoms. The average molecular weight is 232 g/mol. The van der Waals surface area contributed by atoms with Crippen molar-refractivity contribution in [1.29, 1.82) is 0 Å². The van der Waals surface area contributed by atoms with Crippen LogP contribution in [0.4, 0.5) is 14.5 Å². The maximum Gasteiger partial charge on any atom is 0.341 e. The Hall–Kier alpha value is -1.92. The zero-order valence-corrected chi connectivity index (χ0v) is 8.42. The van der Waals surface area contributed by atoms with Crippen molar-refractivity contribution < 1.29 is 18.3 Å². The van der Waals surface area contributed by atoms with Crippen molar-refractivity contribution in [2.45, 2.75) is 13.3 Å². The number of carbonyl (C=O) groups is 1. The number of aromatic amines is 1. The monoisotopic (exact) mass is 232 g/mol. The molecule has 5 nitrogen and oxygen atoms in total. The number of pyridine rings is 1. The van der Waals surface area contributed by atoms with Crippen molar-refractivity contribution in [2.24, 2.45) is 0 Å². The number of carbonyl (C=O) groups excluding carboxylic acids is 1. The second kappa shape index (κ2) is 4.73. The minimum absolute atomic E-state index is 0.0847. The number of halogens is 2. The number of nitrogens with two attached hydrogens (primary N) is 1. The third kappa shape index (κ3) is 2.18. The van der Waals surface area contributed by atoms with Crippen LogP contribution < -0.4 is 11.3 Å². The van der Waals surface area contributed by atoms with Crippen LogP contribution in [0.5, 0.6) is 0 Å². The zero-order valence-electron chi connectivity index (χ0n) is 8.42. The first-order valence-electron chi connectivity index (χ1n) is 4.45. The predicted molar refractivity (Wildman–Crippen MR) is 52.4 cm³/mol. The summed E-state index contributed by atoms with van der Waals surface area (Å²) in [6.45, 7) is 1.65. The molecule has 7 heteroatoms. The van der Waals surface area contributed by atoms with Gasteiger partial charge in [-0.25, -0.2) is 13.6 Å². The molecular weight excluding hydrogens is 222 g/mol. The van der Waals surface area contributed by atoms with Crippen LogP contribution in [-0.2, 0) is 4.74 Å². The Kier molecular flexibility index (Phi) is 3.60. The smallest absolute Gasteiger partial charge is 0.341 e. The SMILES string of the molecule is CCOC(=O)c1c[nH]c(=O)c(C(F)F)c1N. The van der Waals surface area contributed by atoms with Crippen molar-refractivity contribution in [3.63, 3.8) is 0 Å². The molecule has 0 atom stereocenters. The highest BCUT2D eigenvalue weighted by Crippen LogP contribution is 2.23. The van der Waals surface area contributed by atoms with Crippen molar-refractivity contribution >= 4 is 11.7 Å². The molecule has 0 bridgehead atoms. The Labute approximate surface area is 89.2 Å². The fourth-order valence-electron chi connectivity index (χ4n) is 1.15. The summed E-state index contributed by atoms with van der Waals surface area (Å²) in [7, 11) is 0.